The van der Waals surface area contributed by atoms with E-state index in [1.54, 1.807) is 7.11 Å². The van der Waals surface area contributed by atoms with E-state index >= 15 is 0 Å². The van der Waals surface area contributed by atoms with E-state index in [0.29, 0.717) is 18.9 Å². The third kappa shape index (κ3) is 3.06. The summed E-state index contributed by atoms with van der Waals surface area (Å²) in [6.45, 7) is 5.72. The van der Waals surface area contributed by atoms with E-state index in [1.807, 2.05) is 24.3 Å². The van der Waals surface area contributed by atoms with Crippen LogP contribution in [-0.2, 0) is 16.1 Å². The highest BCUT2D eigenvalue weighted by molar-refractivity contribution is 7.80. The molecule has 1 aliphatic carbocycles. The number of fused-ring (bicyclic) bond motifs is 2. The van der Waals surface area contributed by atoms with E-state index in [-0.39, 0.29) is 24.0 Å². The smallest absolute Gasteiger partial charge is 0.311 e. The maximum atomic E-state index is 12.4. The highest BCUT2D eigenvalue weighted by Crippen LogP contribution is 2.44. The molecule has 1 aromatic carbocycles. The quantitative estimate of drug-likeness (QED) is 0.608. The maximum absolute atomic E-state index is 12.4. The SMILES string of the molecule is COc1ccc(CN2C(=S)N(CC(C)C)[C@@H]3[C@@H]2[C@H]2OC(=O)[C@H]3C[C@H]2O)cc1. The summed E-state index contributed by atoms with van der Waals surface area (Å²) in [6, 6.07) is 7.77. The Morgan fingerprint density at radius 3 is 2.59 bits per heavy atom. The van der Waals surface area contributed by atoms with E-state index in [2.05, 4.69) is 23.6 Å². The van der Waals surface area contributed by atoms with Crippen molar-refractivity contribution in [1.29, 1.82) is 0 Å². The standard InChI is InChI=1S/C20H26N2O4S/c1-11(2)9-21-16-14-8-15(23)18(26-19(14)24)17(16)22(20(21)27)10-12-4-6-13(25-3)7-5-12/h4-7,11,14-18,23H,8-10H2,1-3H3/t14-,15+,16-,17+,18-/m0/s1. The van der Waals surface area contributed by atoms with Gasteiger partial charge in [0.15, 0.2) is 5.11 Å². The second-order valence-electron chi connectivity index (χ2n) is 8.10. The lowest BCUT2D eigenvalue weighted by Gasteiger charge is -2.49. The molecule has 1 aromatic rings. The maximum Gasteiger partial charge on any atom is 0.311 e. The molecule has 0 spiro atoms. The number of hydrogen-bond acceptors (Lipinski definition) is 5. The van der Waals surface area contributed by atoms with Crippen molar-refractivity contribution in [2.75, 3.05) is 13.7 Å². The molecular weight excluding hydrogens is 364 g/mol. The molecule has 4 fully saturated rings. The number of thiocarbonyl (C=S) groups is 1. The minimum Gasteiger partial charge on any atom is -0.497 e. The first-order valence-corrected chi connectivity index (χ1v) is 9.90. The van der Waals surface area contributed by atoms with E-state index in [1.165, 1.54) is 0 Å². The molecule has 3 heterocycles. The lowest BCUT2D eigenvalue weighted by Crippen LogP contribution is -2.66. The lowest BCUT2D eigenvalue weighted by atomic mass is 9.74. The number of carbonyl (C=O) groups is 1. The van der Waals surface area contributed by atoms with E-state index in [0.717, 1.165) is 23.0 Å². The third-order valence-electron chi connectivity index (χ3n) is 5.81. The van der Waals surface area contributed by atoms with Gasteiger partial charge in [0.1, 0.15) is 11.9 Å². The lowest BCUT2D eigenvalue weighted by molar-refractivity contribution is -0.199. The summed E-state index contributed by atoms with van der Waals surface area (Å²) in [5.41, 5.74) is 1.10. The van der Waals surface area contributed by atoms with Gasteiger partial charge in [0.2, 0.25) is 0 Å². The highest BCUT2D eigenvalue weighted by atomic mass is 32.1. The van der Waals surface area contributed by atoms with Crippen molar-refractivity contribution in [3.05, 3.63) is 29.8 Å². The number of aliphatic hydroxyl groups excluding tert-OH is 1. The summed E-state index contributed by atoms with van der Waals surface area (Å²) >= 11 is 5.83. The first-order chi connectivity index (χ1) is 12.9. The number of carbonyl (C=O) groups excluding carboxylic acids is 1. The van der Waals surface area contributed by atoms with Crippen molar-refractivity contribution < 1.29 is 19.4 Å². The molecule has 1 saturated carbocycles. The predicted octanol–water partition coefficient (Wildman–Crippen LogP) is 1.80. The van der Waals surface area contributed by atoms with E-state index < -0.39 is 12.2 Å². The fourth-order valence-electron chi connectivity index (χ4n) is 4.68. The molecule has 6 nitrogen and oxygen atoms in total. The Morgan fingerprint density at radius 1 is 1.26 bits per heavy atom. The summed E-state index contributed by atoms with van der Waals surface area (Å²) in [5.74, 6) is 0.705. The van der Waals surface area contributed by atoms with E-state index in [9.17, 15) is 9.90 Å². The zero-order valence-corrected chi connectivity index (χ0v) is 16.7. The Morgan fingerprint density at radius 2 is 1.96 bits per heavy atom. The normalized spacial score (nSPS) is 32.1. The monoisotopic (exact) mass is 390 g/mol. The van der Waals surface area contributed by atoms with Crippen LogP contribution >= 0.6 is 12.2 Å². The molecule has 27 heavy (non-hydrogen) atoms. The number of nitrogens with zero attached hydrogens (tertiary/aromatic N) is 2. The summed E-state index contributed by atoms with van der Waals surface area (Å²) < 4.78 is 10.8. The van der Waals surface area contributed by atoms with Crippen LogP contribution in [0.3, 0.4) is 0 Å². The predicted molar refractivity (Wildman–Crippen MR) is 104 cm³/mol. The van der Waals surface area contributed by atoms with Crippen molar-refractivity contribution in [2.45, 2.75) is 51.1 Å². The topological polar surface area (TPSA) is 62.2 Å². The van der Waals surface area contributed by atoms with Crippen LogP contribution in [-0.4, -0.2) is 63.9 Å². The largest absolute Gasteiger partial charge is 0.497 e. The first kappa shape index (κ1) is 18.5. The molecule has 3 aliphatic heterocycles. The summed E-state index contributed by atoms with van der Waals surface area (Å²) in [6.07, 6.45) is -0.701. The van der Waals surface area contributed by atoms with Crippen LogP contribution in [0.25, 0.3) is 0 Å². The minimum atomic E-state index is -0.630. The van der Waals surface area contributed by atoms with Gasteiger partial charge in [0, 0.05) is 13.1 Å². The van der Waals surface area contributed by atoms with Gasteiger partial charge in [-0.25, -0.2) is 0 Å². The van der Waals surface area contributed by atoms with Crippen molar-refractivity contribution in [2.24, 2.45) is 11.8 Å². The van der Waals surface area contributed by atoms with Gasteiger partial charge in [0.25, 0.3) is 0 Å². The van der Waals surface area contributed by atoms with Crippen LogP contribution in [0.2, 0.25) is 0 Å². The molecule has 7 heteroatoms. The number of rotatable bonds is 5. The second kappa shape index (κ2) is 6.95. The molecule has 0 aromatic heterocycles. The van der Waals surface area contributed by atoms with Gasteiger partial charge >= 0.3 is 5.97 Å². The van der Waals surface area contributed by atoms with Crippen LogP contribution in [0.5, 0.6) is 5.75 Å². The minimum absolute atomic E-state index is 0.0206. The summed E-state index contributed by atoms with van der Waals surface area (Å²) in [7, 11) is 1.65. The van der Waals surface area contributed by atoms with Gasteiger partial charge in [0.05, 0.1) is 31.2 Å². The van der Waals surface area contributed by atoms with Crippen molar-refractivity contribution in [3.8, 4) is 5.75 Å². The Kier molecular flexibility index (Phi) is 4.76. The van der Waals surface area contributed by atoms with Crippen LogP contribution < -0.4 is 4.74 Å². The van der Waals surface area contributed by atoms with Gasteiger partial charge in [-0.15, -0.1) is 0 Å². The first-order valence-electron chi connectivity index (χ1n) is 9.49. The fraction of sp³-hybridized carbons (Fsp3) is 0.600. The van der Waals surface area contributed by atoms with Gasteiger partial charge in [-0.05, 0) is 42.3 Å². The Labute approximate surface area is 165 Å². The van der Waals surface area contributed by atoms with Crippen LogP contribution in [0.15, 0.2) is 24.3 Å². The van der Waals surface area contributed by atoms with Crippen LogP contribution in [0, 0.1) is 11.8 Å². The van der Waals surface area contributed by atoms with Crippen LogP contribution in [0.4, 0.5) is 0 Å². The second-order valence-corrected chi connectivity index (χ2v) is 8.46. The average molecular weight is 391 g/mol. The number of methoxy groups -OCH3 is 1. The number of ether oxygens (including phenoxy) is 2. The molecule has 5 rings (SSSR count). The zero-order chi connectivity index (χ0) is 19.3. The summed E-state index contributed by atoms with van der Waals surface area (Å²) in [4.78, 5) is 16.7. The molecule has 1 N–H and O–H groups in total. The van der Waals surface area contributed by atoms with Gasteiger partial charge in [-0.2, -0.15) is 0 Å². The van der Waals surface area contributed by atoms with Gasteiger partial charge in [-0.1, -0.05) is 26.0 Å². The summed E-state index contributed by atoms with van der Waals surface area (Å²) in [5, 5.41) is 11.2. The van der Waals surface area contributed by atoms with Gasteiger partial charge < -0.3 is 24.4 Å². The molecular formula is C20H26N2O4S. The van der Waals surface area contributed by atoms with Crippen molar-refractivity contribution in [1.82, 2.24) is 9.80 Å². The van der Waals surface area contributed by atoms with Gasteiger partial charge in [-0.3, -0.25) is 4.79 Å². The Bertz CT molecular complexity index is 738. The van der Waals surface area contributed by atoms with Crippen molar-refractivity contribution >= 4 is 23.3 Å². The molecule has 5 atom stereocenters. The Hall–Kier alpha value is -1.86. The van der Waals surface area contributed by atoms with E-state index in [4.69, 9.17) is 21.7 Å². The number of hydrogen-bond donors (Lipinski definition) is 1. The molecule has 0 unspecified atom stereocenters. The average Bonchev–Trinajstić information content (AvgIpc) is 2.90. The third-order valence-corrected chi connectivity index (χ3v) is 6.28. The number of benzene rings is 1. The molecule has 0 radical (unpaired) electrons. The highest BCUT2D eigenvalue weighted by Gasteiger charge is 2.62. The van der Waals surface area contributed by atoms with Crippen LogP contribution in [0.1, 0.15) is 25.8 Å². The zero-order valence-electron chi connectivity index (χ0n) is 15.9. The molecule has 4 aliphatic rings. The molecule has 146 valence electrons. The van der Waals surface area contributed by atoms with Crippen molar-refractivity contribution in [3.63, 3.8) is 0 Å². The molecule has 0 amide bonds. The molecule has 2 bridgehead atoms. The number of esters is 1. The number of aliphatic hydroxyl groups is 1. The Balaban J connectivity index is 1.66. The molecule has 3 saturated heterocycles. The fourth-order valence-corrected chi connectivity index (χ4v) is 5.06.